The summed E-state index contributed by atoms with van der Waals surface area (Å²) < 4.78 is 7.38. The molecule has 5 aromatic rings. The second kappa shape index (κ2) is 9.38. The van der Waals surface area contributed by atoms with Crippen molar-refractivity contribution in [2.45, 2.75) is 24.7 Å². The average Bonchev–Trinajstić information content (AvgIpc) is 3.38. The van der Waals surface area contributed by atoms with Crippen LogP contribution >= 0.6 is 0 Å². The zero-order chi connectivity index (χ0) is 24.5. The number of benzene rings is 4. The van der Waals surface area contributed by atoms with Gasteiger partial charge in [0.25, 0.3) is 0 Å². The van der Waals surface area contributed by atoms with Gasteiger partial charge in [0.1, 0.15) is 11.5 Å². The van der Waals surface area contributed by atoms with E-state index in [0.29, 0.717) is 0 Å². The molecule has 4 aromatic carbocycles. The molecule has 178 valence electrons. The average molecular weight is 473 g/mol. The van der Waals surface area contributed by atoms with Gasteiger partial charge >= 0.3 is 0 Å². The van der Waals surface area contributed by atoms with Crippen molar-refractivity contribution in [3.63, 3.8) is 0 Å². The molecule has 2 atom stereocenters. The first-order valence-electron chi connectivity index (χ1n) is 12.4. The van der Waals surface area contributed by atoms with Crippen molar-refractivity contribution in [2.75, 3.05) is 7.11 Å². The van der Waals surface area contributed by atoms with E-state index in [-0.39, 0.29) is 17.6 Å². The van der Waals surface area contributed by atoms with Gasteiger partial charge in [0.2, 0.25) is 0 Å². The molecule has 0 saturated heterocycles. The topological polar surface area (TPSA) is 47.3 Å². The summed E-state index contributed by atoms with van der Waals surface area (Å²) in [5.74, 6) is 1.59. The molecule has 1 aliphatic rings. The Balaban J connectivity index is 1.50. The van der Waals surface area contributed by atoms with Crippen LogP contribution in [0.15, 0.2) is 109 Å². The van der Waals surface area contributed by atoms with Crippen LogP contribution in [0.5, 0.6) is 11.5 Å². The number of methoxy groups -OCH3 is 1. The Morgan fingerprint density at radius 3 is 2.08 bits per heavy atom. The summed E-state index contributed by atoms with van der Waals surface area (Å²) in [5, 5.41) is 15.9. The van der Waals surface area contributed by atoms with Crippen LogP contribution in [0.1, 0.15) is 34.2 Å². The van der Waals surface area contributed by atoms with Gasteiger partial charge in [0, 0.05) is 11.5 Å². The number of aromatic hydroxyl groups is 1. The van der Waals surface area contributed by atoms with E-state index in [1.54, 1.807) is 13.2 Å². The maximum Gasteiger partial charge on any atom is 0.124 e. The largest absolute Gasteiger partial charge is 0.507 e. The highest BCUT2D eigenvalue weighted by Gasteiger charge is 2.33. The lowest BCUT2D eigenvalue weighted by atomic mass is 9.71. The van der Waals surface area contributed by atoms with Crippen LogP contribution in [-0.4, -0.2) is 22.0 Å². The highest BCUT2D eigenvalue weighted by Crippen LogP contribution is 2.44. The molecule has 1 aromatic heterocycles. The first kappa shape index (κ1) is 22.2. The standard InChI is InChI=1S/C32H28N2O2/c1-36-26-17-15-22(16-18-26)28-19-23-9-5-6-10-24(23)20-29(28)30-21-31(27-13-7-8-14-32(27)35)34(33-30)25-11-3-2-4-12-25/h2-18,21,28-29,35H,19-20H2,1H3. The monoisotopic (exact) mass is 472 g/mol. The maximum atomic E-state index is 10.7. The lowest BCUT2D eigenvalue weighted by molar-refractivity contribution is 0.414. The van der Waals surface area contributed by atoms with Gasteiger partial charge in [0.05, 0.1) is 24.2 Å². The van der Waals surface area contributed by atoms with Gasteiger partial charge < -0.3 is 9.84 Å². The predicted octanol–water partition coefficient (Wildman–Crippen LogP) is 6.92. The minimum atomic E-state index is 0.197. The number of aromatic nitrogens is 2. The quantitative estimate of drug-likeness (QED) is 0.302. The van der Waals surface area contributed by atoms with Crippen LogP contribution in [0.3, 0.4) is 0 Å². The molecule has 0 bridgehead atoms. The van der Waals surface area contributed by atoms with Crippen LogP contribution in [0.2, 0.25) is 0 Å². The van der Waals surface area contributed by atoms with Gasteiger partial charge in [-0.1, -0.05) is 66.7 Å². The Hall–Kier alpha value is -4.31. The number of fused-ring (bicyclic) bond motifs is 1. The third-order valence-corrected chi connectivity index (χ3v) is 7.32. The van der Waals surface area contributed by atoms with Crippen LogP contribution < -0.4 is 4.74 Å². The predicted molar refractivity (Wildman–Crippen MR) is 143 cm³/mol. The summed E-state index contributed by atoms with van der Waals surface area (Å²) in [6.07, 6.45) is 1.87. The van der Waals surface area contributed by atoms with Gasteiger partial charge in [0.15, 0.2) is 0 Å². The van der Waals surface area contributed by atoms with Gasteiger partial charge in [-0.3, -0.25) is 0 Å². The molecule has 0 spiro atoms. The van der Waals surface area contributed by atoms with E-state index in [4.69, 9.17) is 9.84 Å². The molecular formula is C32H28N2O2. The van der Waals surface area contributed by atoms with E-state index in [2.05, 4.69) is 54.6 Å². The van der Waals surface area contributed by atoms with Crippen molar-refractivity contribution in [1.82, 2.24) is 9.78 Å². The lowest BCUT2D eigenvalue weighted by Gasteiger charge is -2.32. The normalized spacial score (nSPS) is 16.9. The van der Waals surface area contributed by atoms with Crippen LogP contribution in [-0.2, 0) is 12.8 Å². The van der Waals surface area contributed by atoms with E-state index in [1.807, 2.05) is 53.2 Å². The third-order valence-electron chi connectivity index (χ3n) is 7.32. The van der Waals surface area contributed by atoms with Crippen LogP contribution in [0, 0.1) is 0 Å². The number of nitrogens with zero attached hydrogens (tertiary/aromatic N) is 2. The van der Waals surface area contributed by atoms with Gasteiger partial charge in [-0.05, 0) is 77.9 Å². The summed E-state index contributed by atoms with van der Waals surface area (Å²) in [7, 11) is 1.70. The second-order valence-electron chi connectivity index (χ2n) is 9.38. The molecule has 0 aliphatic heterocycles. The Morgan fingerprint density at radius 1 is 0.750 bits per heavy atom. The Kier molecular flexibility index (Phi) is 5.78. The van der Waals surface area contributed by atoms with Gasteiger partial charge in [-0.15, -0.1) is 0 Å². The number of phenols is 1. The molecule has 1 aliphatic carbocycles. The fraction of sp³-hybridized carbons (Fsp3) is 0.156. The summed E-state index contributed by atoms with van der Waals surface area (Å²) in [5.41, 5.74) is 7.74. The number of phenolic OH excluding ortho intramolecular Hbond substituents is 1. The van der Waals surface area contributed by atoms with E-state index in [0.717, 1.165) is 41.2 Å². The first-order chi connectivity index (χ1) is 17.7. The molecule has 6 rings (SSSR count). The number of para-hydroxylation sites is 2. The summed E-state index contributed by atoms with van der Waals surface area (Å²) in [6.45, 7) is 0. The Labute approximate surface area is 211 Å². The molecule has 0 saturated carbocycles. The van der Waals surface area contributed by atoms with Crippen molar-refractivity contribution in [3.05, 3.63) is 132 Å². The van der Waals surface area contributed by atoms with E-state index < -0.39 is 0 Å². The molecule has 0 amide bonds. The molecular weight excluding hydrogens is 444 g/mol. The highest BCUT2D eigenvalue weighted by molar-refractivity contribution is 5.69. The number of hydrogen-bond acceptors (Lipinski definition) is 3. The van der Waals surface area contributed by atoms with Crippen molar-refractivity contribution < 1.29 is 9.84 Å². The molecule has 2 unspecified atom stereocenters. The Morgan fingerprint density at radius 2 is 1.39 bits per heavy atom. The SMILES string of the molecule is COc1ccc(C2Cc3ccccc3CC2c2cc(-c3ccccc3O)n(-c3ccccc3)n2)cc1. The highest BCUT2D eigenvalue weighted by atomic mass is 16.5. The molecule has 0 fully saturated rings. The number of hydrogen-bond donors (Lipinski definition) is 1. The zero-order valence-electron chi connectivity index (χ0n) is 20.2. The van der Waals surface area contributed by atoms with Crippen molar-refractivity contribution >= 4 is 0 Å². The number of ether oxygens (including phenoxy) is 1. The molecule has 4 nitrogen and oxygen atoms in total. The minimum Gasteiger partial charge on any atom is -0.507 e. The second-order valence-corrected chi connectivity index (χ2v) is 9.38. The number of rotatable bonds is 5. The zero-order valence-corrected chi connectivity index (χ0v) is 20.2. The molecule has 36 heavy (non-hydrogen) atoms. The van der Waals surface area contributed by atoms with Crippen LogP contribution in [0.25, 0.3) is 16.9 Å². The van der Waals surface area contributed by atoms with E-state index in [1.165, 1.54) is 16.7 Å². The summed E-state index contributed by atoms with van der Waals surface area (Å²) in [4.78, 5) is 0. The summed E-state index contributed by atoms with van der Waals surface area (Å²) >= 11 is 0. The molecule has 0 radical (unpaired) electrons. The van der Waals surface area contributed by atoms with Gasteiger partial charge in [-0.25, -0.2) is 4.68 Å². The lowest BCUT2D eigenvalue weighted by Crippen LogP contribution is -2.23. The van der Waals surface area contributed by atoms with Crippen molar-refractivity contribution in [1.29, 1.82) is 0 Å². The fourth-order valence-corrected chi connectivity index (χ4v) is 5.45. The fourth-order valence-electron chi connectivity index (χ4n) is 5.45. The van der Waals surface area contributed by atoms with E-state index in [9.17, 15) is 5.11 Å². The van der Waals surface area contributed by atoms with Crippen LogP contribution in [0.4, 0.5) is 0 Å². The van der Waals surface area contributed by atoms with E-state index >= 15 is 0 Å². The first-order valence-corrected chi connectivity index (χ1v) is 12.4. The smallest absolute Gasteiger partial charge is 0.124 e. The minimum absolute atomic E-state index is 0.197. The molecule has 1 N–H and O–H groups in total. The van der Waals surface area contributed by atoms with Gasteiger partial charge in [-0.2, -0.15) is 5.10 Å². The third kappa shape index (κ3) is 4.05. The summed E-state index contributed by atoms with van der Waals surface area (Å²) in [6, 6.07) is 37.0. The van der Waals surface area contributed by atoms with Crippen molar-refractivity contribution in [3.8, 4) is 28.4 Å². The van der Waals surface area contributed by atoms with Crippen molar-refractivity contribution in [2.24, 2.45) is 0 Å². The molecule has 4 heteroatoms. The maximum absolute atomic E-state index is 10.7. The molecule has 1 heterocycles. The Bertz CT molecular complexity index is 1490.